The van der Waals surface area contributed by atoms with Crippen LogP contribution >= 0.6 is 0 Å². The summed E-state index contributed by atoms with van der Waals surface area (Å²) in [4.78, 5) is 5.02. The molecule has 236 valence electrons. The van der Waals surface area contributed by atoms with Gasteiger partial charge in [0.15, 0.2) is 6.19 Å². The third-order valence-corrected chi connectivity index (χ3v) is 8.46. The lowest BCUT2D eigenvalue weighted by atomic mass is 10.00. The van der Waals surface area contributed by atoms with E-state index in [0.29, 0.717) is 6.04 Å². The van der Waals surface area contributed by atoms with E-state index in [0.717, 1.165) is 25.2 Å². The first kappa shape index (κ1) is 36.0. The molecule has 2 heterocycles. The molecule has 2 N–H and O–H groups in total. The van der Waals surface area contributed by atoms with E-state index in [1.807, 2.05) is 0 Å². The molecule has 3 aliphatic rings. The number of hydrogen-bond acceptors (Lipinski definition) is 5. The molecule has 5 rings (SSSR count). The SMILES string of the molecule is C=C1NC(C)C(=C)N(Cc2cccc(CN3CCCCC3)c2)C1CC.CCCCC.CNC#N.c1ccc2c(c1)CCC2. The third kappa shape index (κ3) is 12.5. The van der Waals surface area contributed by atoms with Gasteiger partial charge in [0.2, 0.25) is 0 Å². The Morgan fingerprint density at radius 1 is 0.884 bits per heavy atom. The van der Waals surface area contributed by atoms with Crippen LogP contribution in [0.1, 0.15) is 101 Å². The highest BCUT2D eigenvalue weighted by Crippen LogP contribution is 2.27. The highest BCUT2D eigenvalue weighted by Gasteiger charge is 2.29. The Hall–Kier alpha value is -3.23. The molecule has 0 aromatic heterocycles. The topological polar surface area (TPSA) is 54.3 Å². The molecule has 0 spiro atoms. The zero-order valence-electron chi connectivity index (χ0n) is 27.9. The van der Waals surface area contributed by atoms with E-state index < -0.39 is 0 Å². The van der Waals surface area contributed by atoms with Crippen LogP contribution in [0.3, 0.4) is 0 Å². The van der Waals surface area contributed by atoms with E-state index in [1.54, 1.807) is 24.4 Å². The number of rotatable bonds is 7. The van der Waals surface area contributed by atoms with Gasteiger partial charge in [-0.25, -0.2) is 0 Å². The molecule has 0 saturated carbocycles. The van der Waals surface area contributed by atoms with Crippen LogP contribution in [0.5, 0.6) is 0 Å². The predicted molar refractivity (Wildman–Crippen MR) is 184 cm³/mol. The molecule has 0 amide bonds. The van der Waals surface area contributed by atoms with Gasteiger partial charge in [0, 0.05) is 31.5 Å². The Morgan fingerprint density at radius 2 is 1.47 bits per heavy atom. The van der Waals surface area contributed by atoms with Crippen LogP contribution in [-0.4, -0.2) is 42.0 Å². The summed E-state index contributed by atoms with van der Waals surface area (Å²) >= 11 is 0. The first-order valence-corrected chi connectivity index (χ1v) is 16.7. The van der Waals surface area contributed by atoms with Crippen molar-refractivity contribution in [2.75, 3.05) is 20.1 Å². The van der Waals surface area contributed by atoms with Crippen molar-refractivity contribution in [3.63, 3.8) is 0 Å². The number of nitrogens with zero attached hydrogens (tertiary/aromatic N) is 3. The van der Waals surface area contributed by atoms with Crippen LogP contribution in [0, 0.1) is 11.5 Å². The van der Waals surface area contributed by atoms with E-state index in [4.69, 9.17) is 5.26 Å². The second-order valence-electron chi connectivity index (χ2n) is 11.9. The summed E-state index contributed by atoms with van der Waals surface area (Å²) < 4.78 is 0. The van der Waals surface area contributed by atoms with Crippen molar-refractivity contribution in [2.45, 2.75) is 117 Å². The quantitative estimate of drug-likeness (QED) is 0.253. The van der Waals surface area contributed by atoms with Crippen LogP contribution in [0.15, 0.2) is 73.1 Å². The maximum Gasteiger partial charge on any atom is 0.176 e. The van der Waals surface area contributed by atoms with Gasteiger partial charge in [-0.15, -0.1) is 0 Å². The molecule has 2 saturated heterocycles. The largest absolute Gasteiger partial charge is 0.379 e. The van der Waals surface area contributed by atoms with Crippen molar-refractivity contribution in [1.82, 2.24) is 20.4 Å². The van der Waals surface area contributed by atoms with Crippen molar-refractivity contribution >= 4 is 0 Å². The van der Waals surface area contributed by atoms with Crippen molar-refractivity contribution < 1.29 is 0 Å². The molecule has 2 aliphatic heterocycles. The van der Waals surface area contributed by atoms with Crippen molar-refractivity contribution in [2.24, 2.45) is 0 Å². The Labute approximate surface area is 264 Å². The van der Waals surface area contributed by atoms with E-state index in [-0.39, 0.29) is 6.04 Å². The highest BCUT2D eigenvalue weighted by atomic mass is 15.2. The molecule has 5 heteroatoms. The summed E-state index contributed by atoms with van der Waals surface area (Å²) in [7, 11) is 1.57. The number of benzene rings is 2. The lowest BCUT2D eigenvalue weighted by Crippen LogP contribution is -2.50. The first-order chi connectivity index (χ1) is 20.9. The Bertz CT molecular complexity index is 1100. The van der Waals surface area contributed by atoms with E-state index in [1.165, 1.54) is 87.7 Å². The van der Waals surface area contributed by atoms with Gasteiger partial charge < -0.3 is 15.5 Å². The summed E-state index contributed by atoms with van der Waals surface area (Å²) in [5.74, 6) is 0. The lowest BCUT2D eigenvalue weighted by Gasteiger charge is -2.44. The minimum Gasteiger partial charge on any atom is -0.379 e. The molecule has 43 heavy (non-hydrogen) atoms. The van der Waals surface area contributed by atoms with Gasteiger partial charge in [-0.05, 0) is 80.8 Å². The molecule has 0 radical (unpaired) electrons. The average molecular weight is 586 g/mol. The summed E-state index contributed by atoms with van der Waals surface area (Å²) in [5.41, 5.74) is 8.22. The monoisotopic (exact) mass is 585 g/mol. The number of nitrogens with one attached hydrogen (secondary N) is 2. The molecule has 2 fully saturated rings. The highest BCUT2D eigenvalue weighted by molar-refractivity contribution is 5.30. The second kappa shape index (κ2) is 20.6. The number of unbranched alkanes of at least 4 members (excludes halogenated alkanes) is 2. The number of piperidine rings is 1. The van der Waals surface area contributed by atoms with Crippen LogP contribution in [0.25, 0.3) is 0 Å². The fourth-order valence-electron chi connectivity index (χ4n) is 6.04. The smallest absolute Gasteiger partial charge is 0.176 e. The Balaban J connectivity index is 0.000000290. The van der Waals surface area contributed by atoms with Crippen molar-refractivity contribution in [3.8, 4) is 6.19 Å². The minimum absolute atomic E-state index is 0.256. The molecule has 0 bridgehead atoms. The van der Waals surface area contributed by atoms with Gasteiger partial charge in [0.1, 0.15) is 0 Å². The van der Waals surface area contributed by atoms with Crippen molar-refractivity contribution in [3.05, 3.63) is 95.3 Å². The second-order valence-corrected chi connectivity index (χ2v) is 11.9. The van der Waals surface area contributed by atoms with Gasteiger partial charge in [0.05, 0.1) is 12.1 Å². The number of fused-ring (bicyclic) bond motifs is 1. The maximum atomic E-state index is 7.51. The van der Waals surface area contributed by atoms with Gasteiger partial charge in [-0.3, -0.25) is 4.90 Å². The number of nitriles is 1. The number of aryl methyl sites for hydroxylation is 2. The predicted octanol–water partition coefficient (Wildman–Crippen LogP) is 8.33. The number of likely N-dealkylation sites (tertiary alicyclic amines) is 1. The van der Waals surface area contributed by atoms with Crippen LogP contribution in [0.2, 0.25) is 0 Å². The standard InChI is InChI=1S/C22H33N3.C9H10.C5H12.C2H4N2/c1-5-22-18(3)23-17(2)19(4)25(22)16-21-11-9-10-20(14-21)15-24-12-7-6-8-13-24;1-2-5-9-7-3-6-8(9)4-1;1-3-5-4-2;1-4-2-3/h9-11,14,17,22-23H,3-8,12-13,15-16H2,1-2H3;1-2,4-5H,3,6-7H2;3-5H2,1-2H3;4H,1H3. The van der Waals surface area contributed by atoms with E-state index in [2.05, 4.69) is 110 Å². The normalized spacial score (nSPS) is 19.2. The fraction of sp³-hybridized carbons (Fsp3) is 0.553. The molecule has 1 aliphatic carbocycles. The summed E-state index contributed by atoms with van der Waals surface area (Å²) in [6.45, 7) is 21.9. The Kier molecular flexibility index (Phi) is 17.3. The molecule has 2 unspecified atom stereocenters. The van der Waals surface area contributed by atoms with Crippen LogP contribution < -0.4 is 10.6 Å². The van der Waals surface area contributed by atoms with Gasteiger partial charge in [-0.1, -0.05) is 108 Å². The van der Waals surface area contributed by atoms with Gasteiger partial charge in [0.25, 0.3) is 0 Å². The molecular formula is C38H59N5. The summed E-state index contributed by atoms with van der Waals surface area (Å²) in [6, 6.07) is 18.4. The van der Waals surface area contributed by atoms with Crippen LogP contribution in [0.4, 0.5) is 0 Å². The minimum atomic E-state index is 0.256. The maximum absolute atomic E-state index is 7.51. The molecule has 2 aromatic rings. The lowest BCUT2D eigenvalue weighted by molar-refractivity contribution is 0.210. The molecule has 2 atom stereocenters. The van der Waals surface area contributed by atoms with E-state index >= 15 is 0 Å². The van der Waals surface area contributed by atoms with Crippen LogP contribution in [-0.2, 0) is 25.9 Å². The fourth-order valence-corrected chi connectivity index (χ4v) is 6.04. The van der Waals surface area contributed by atoms with Gasteiger partial charge in [-0.2, -0.15) is 5.26 Å². The molecule has 2 aromatic carbocycles. The summed E-state index contributed by atoms with van der Waals surface area (Å²) in [6.07, 6.45) is 14.9. The molecular weight excluding hydrogens is 526 g/mol. The Morgan fingerprint density at radius 3 is 1.98 bits per heavy atom. The average Bonchev–Trinajstić information content (AvgIpc) is 3.51. The molecule has 5 nitrogen and oxygen atoms in total. The first-order valence-electron chi connectivity index (χ1n) is 16.7. The summed E-state index contributed by atoms with van der Waals surface area (Å²) in [5, 5.41) is 13.2. The van der Waals surface area contributed by atoms with Gasteiger partial charge >= 0.3 is 0 Å². The number of hydrogen-bond donors (Lipinski definition) is 2. The van der Waals surface area contributed by atoms with E-state index in [9.17, 15) is 0 Å². The van der Waals surface area contributed by atoms with Crippen molar-refractivity contribution in [1.29, 1.82) is 5.26 Å². The third-order valence-electron chi connectivity index (χ3n) is 8.46. The zero-order valence-corrected chi connectivity index (χ0v) is 27.9. The zero-order chi connectivity index (χ0) is 31.5. The number of piperazine rings is 1.